The first-order chi connectivity index (χ1) is 1.73. The van der Waals surface area contributed by atoms with E-state index >= 15 is 0 Å². The molecule has 0 unspecified atom stereocenters. The molecule has 0 aromatic rings. The molecule has 0 amide bonds. The van der Waals surface area contributed by atoms with Gasteiger partial charge in [0.2, 0.25) is 0 Å². The molecule has 0 aromatic carbocycles. The predicted octanol–water partition coefficient (Wildman–Crippen LogP) is 0.586. The maximum atomic E-state index is 6.39. The Balaban J connectivity index is 3.85. The van der Waals surface area contributed by atoms with Gasteiger partial charge >= 0.3 is 0 Å². The van der Waals surface area contributed by atoms with Crippen molar-refractivity contribution in [1.82, 2.24) is 0 Å². The van der Waals surface area contributed by atoms with Crippen molar-refractivity contribution in [3.63, 3.8) is 0 Å². The lowest BCUT2D eigenvalue weighted by molar-refractivity contribution is 1.65. The summed E-state index contributed by atoms with van der Waals surface area (Å²) in [6.45, 7) is 0. The molecule has 0 fully saturated rings. The second-order valence-electron chi connectivity index (χ2n) is 0.558. The Morgan fingerprint density at radius 2 is 2.00 bits per heavy atom. The lowest BCUT2D eigenvalue weighted by atomic mass is 11.9. The number of rotatable bonds is 0. The first-order valence-electron chi connectivity index (χ1n) is 0.848. The van der Waals surface area contributed by atoms with Gasteiger partial charge in [0.05, 0.1) is 0 Å². The molecular formula is C2H5NS. The largest absolute Gasteiger partial charge is 0.254 e. The molecule has 0 aliphatic heterocycles. The highest BCUT2D eigenvalue weighted by atomic mass is 32.2. The molecule has 0 saturated heterocycles. The van der Waals surface area contributed by atoms with Gasteiger partial charge in [0, 0.05) is 6.26 Å². The fourth-order valence-electron chi connectivity index (χ4n) is 0. The summed E-state index contributed by atoms with van der Waals surface area (Å²) < 4.78 is 6.39. The molecule has 0 atom stereocenters. The average molecular weight is 75.1 g/mol. The van der Waals surface area contributed by atoms with Crippen molar-refractivity contribution in [2.75, 3.05) is 6.26 Å². The van der Waals surface area contributed by atoms with Crippen molar-refractivity contribution in [1.29, 1.82) is 4.78 Å². The second kappa shape index (κ2) is 1.16. The van der Waals surface area contributed by atoms with Crippen LogP contribution in [0, 0.1) is 10.5 Å². The third-order valence-electron chi connectivity index (χ3n) is 0. The summed E-state index contributed by atoms with van der Waals surface area (Å²) in [7, 11) is -0.611. The van der Waals surface area contributed by atoms with E-state index in [0.717, 1.165) is 0 Å². The van der Waals surface area contributed by atoms with E-state index in [-0.39, 0.29) is 0 Å². The summed E-state index contributed by atoms with van der Waals surface area (Å²) in [4.78, 5) is 0. The van der Waals surface area contributed by atoms with E-state index in [9.17, 15) is 0 Å². The molecule has 4 heavy (non-hydrogen) atoms. The summed E-state index contributed by atoms with van der Waals surface area (Å²) in [5, 5.41) is 0. The highest BCUT2D eigenvalue weighted by molar-refractivity contribution is 7.74. The third-order valence-corrected chi connectivity index (χ3v) is 0. The molecule has 0 heterocycles. The van der Waals surface area contributed by atoms with Crippen LogP contribution >= 0.6 is 0 Å². The lowest BCUT2D eigenvalue weighted by Crippen LogP contribution is -1.41. The maximum absolute atomic E-state index is 6.39. The van der Waals surface area contributed by atoms with Crippen molar-refractivity contribution < 1.29 is 0 Å². The minimum Gasteiger partial charge on any atom is -0.254 e. The predicted molar refractivity (Wildman–Crippen MR) is 21.0 cm³/mol. The summed E-state index contributed by atoms with van der Waals surface area (Å²) in [5.41, 5.74) is 4.81. The molecule has 0 rings (SSSR count). The Hall–Kier alpha value is -0.200. The smallest absolute Gasteiger partial charge is 0.0133 e. The van der Waals surface area contributed by atoms with Crippen LogP contribution in [0.25, 0.3) is 0 Å². The molecule has 0 bridgehead atoms. The standard InChI is InChI=1S/C2H5NS/c1-4(2)3/h1,3H,2H3. The summed E-state index contributed by atoms with van der Waals surface area (Å²) in [6.07, 6.45) is 1.64. The molecule has 24 valence electrons. The second-order valence-corrected chi connectivity index (χ2v) is 1.67. The highest BCUT2D eigenvalue weighted by Gasteiger charge is 1.27. The molecule has 0 radical (unpaired) electrons. The van der Waals surface area contributed by atoms with Crippen LogP contribution in [0.4, 0.5) is 0 Å². The van der Waals surface area contributed by atoms with E-state index in [2.05, 4.69) is 0 Å². The fourth-order valence-corrected chi connectivity index (χ4v) is 0. The lowest BCUT2D eigenvalue weighted by Gasteiger charge is -1.45. The van der Waals surface area contributed by atoms with Gasteiger partial charge in [-0.05, 0) is 0 Å². The fraction of sp³-hybridized carbons (Fsp3) is 0.500. The molecule has 2 heteroatoms. The van der Waals surface area contributed by atoms with Crippen molar-refractivity contribution in [3.8, 4) is 5.69 Å². The van der Waals surface area contributed by atoms with Gasteiger partial charge in [-0.3, -0.25) is 4.78 Å². The summed E-state index contributed by atoms with van der Waals surface area (Å²) in [6, 6.07) is 0. The number of nitrogens with one attached hydrogen (secondary N) is 1. The molecule has 1 nitrogen and oxygen atoms in total. The monoisotopic (exact) mass is 75.0 g/mol. The number of hydrogen-bond acceptors (Lipinski definition) is 1. The molecule has 0 aromatic heterocycles. The minimum absolute atomic E-state index is 0.611. The van der Waals surface area contributed by atoms with Crippen molar-refractivity contribution in [2.45, 2.75) is 0 Å². The maximum Gasteiger partial charge on any atom is 0.0133 e. The minimum atomic E-state index is -0.611. The summed E-state index contributed by atoms with van der Waals surface area (Å²) in [5.74, 6) is 0. The van der Waals surface area contributed by atoms with Crippen LogP contribution in [0.3, 0.4) is 0 Å². The zero-order chi connectivity index (χ0) is 3.58. The van der Waals surface area contributed by atoms with Crippen LogP contribution < -0.4 is 0 Å². The zero-order valence-corrected chi connectivity index (χ0v) is 3.30. The first kappa shape index (κ1) is 3.80. The van der Waals surface area contributed by atoms with Crippen molar-refractivity contribution in [2.24, 2.45) is 0 Å². The van der Waals surface area contributed by atoms with E-state index in [0.29, 0.717) is 0 Å². The van der Waals surface area contributed by atoms with Crippen molar-refractivity contribution in [3.05, 3.63) is 0 Å². The van der Waals surface area contributed by atoms with Crippen LogP contribution in [0.2, 0.25) is 0 Å². The van der Waals surface area contributed by atoms with Gasteiger partial charge in [-0.2, -0.15) is 0 Å². The Bertz CT molecular complexity index is 96.2. The van der Waals surface area contributed by atoms with Crippen LogP contribution in [0.1, 0.15) is 0 Å². The van der Waals surface area contributed by atoms with Crippen molar-refractivity contribution >= 4 is 10.1 Å². The molecule has 0 saturated carbocycles. The van der Waals surface area contributed by atoms with Gasteiger partial charge in [-0.1, -0.05) is 0 Å². The van der Waals surface area contributed by atoms with Gasteiger partial charge in [0.15, 0.2) is 0 Å². The molecule has 1 N–H and O–H groups in total. The van der Waals surface area contributed by atoms with E-state index in [4.69, 9.17) is 10.5 Å². The normalized spacial score (nSPS) is 6.00. The van der Waals surface area contributed by atoms with Gasteiger partial charge in [-0.15, -0.1) is 15.8 Å². The topological polar surface area (TPSA) is 23.9 Å². The van der Waals surface area contributed by atoms with E-state index < -0.39 is 10.1 Å². The summed E-state index contributed by atoms with van der Waals surface area (Å²) >= 11 is 0. The third kappa shape index (κ3) is 28.8. The van der Waals surface area contributed by atoms with E-state index in [1.54, 1.807) is 6.26 Å². The first-order valence-corrected chi connectivity index (χ1v) is 2.54. The van der Waals surface area contributed by atoms with Crippen LogP contribution in [-0.4, -0.2) is 6.26 Å². The Labute approximate surface area is 27.8 Å². The molecule has 0 aliphatic carbocycles. The van der Waals surface area contributed by atoms with E-state index in [1.165, 1.54) is 0 Å². The number of hydrogen-bond donors (Lipinski definition) is 1. The Morgan fingerprint density at radius 3 is 2.00 bits per heavy atom. The van der Waals surface area contributed by atoms with Gasteiger partial charge in [0.1, 0.15) is 0 Å². The van der Waals surface area contributed by atoms with Crippen LogP contribution in [-0.2, 0) is 10.1 Å². The molecule has 0 aliphatic rings. The molecule has 0 spiro atoms. The zero-order valence-electron chi connectivity index (χ0n) is 2.49. The van der Waals surface area contributed by atoms with Gasteiger partial charge in [-0.25, -0.2) is 0 Å². The SMILES string of the molecule is C#S(C)=N. The highest BCUT2D eigenvalue weighted by Crippen LogP contribution is 1.32. The van der Waals surface area contributed by atoms with Crippen LogP contribution in [0.15, 0.2) is 0 Å². The van der Waals surface area contributed by atoms with Gasteiger partial charge < -0.3 is 0 Å². The van der Waals surface area contributed by atoms with Gasteiger partial charge in [0.25, 0.3) is 0 Å². The quantitative estimate of drug-likeness (QED) is 0.435. The average Bonchev–Trinajstić information content (AvgIpc) is 0.811. The van der Waals surface area contributed by atoms with E-state index in [1.807, 2.05) is 0 Å². The molecular weight excluding hydrogens is 70.1 g/mol. The van der Waals surface area contributed by atoms with Crippen LogP contribution in [0.5, 0.6) is 0 Å². The Morgan fingerprint density at radius 1 is 2.00 bits per heavy atom. The Kier molecular flexibility index (Phi) is 1.10.